The van der Waals surface area contributed by atoms with Gasteiger partial charge in [-0.25, -0.2) is 0 Å². The van der Waals surface area contributed by atoms with E-state index in [2.05, 4.69) is 25.2 Å². The molecule has 9 nitrogen and oxygen atoms in total. The lowest BCUT2D eigenvalue weighted by atomic mass is 9.82. The van der Waals surface area contributed by atoms with E-state index in [0.29, 0.717) is 23.5 Å². The first kappa shape index (κ1) is 35.4. The largest absolute Gasteiger partial charge is 0.395 e. The van der Waals surface area contributed by atoms with Crippen molar-refractivity contribution in [3.05, 3.63) is 95.1 Å². The minimum atomic E-state index is -1.96. The minimum Gasteiger partial charge on any atom is -0.395 e. The Morgan fingerprint density at radius 1 is 1.07 bits per heavy atom. The zero-order valence-electron chi connectivity index (χ0n) is 27.0. The zero-order chi connectivity index (χ0) is 33.1. The van der Waals surface area contributed by atoms with E-state index in [1.807, 2.05) is 43.3 Å². The van der Waals surface area contributed by atoms with Gasteiger partial charge in [-0.05, 0) is 64.3 Å². The number of hydrogen-bond donors (Lipinski definition) is 4. The van der Waals surface area contributed by atoms with Crippen LogP contribution in [0.2, 0.25) is 0 Å². The van der Waals surface area contributed by atoms with Gasteiger partial charge in [0.15, 0.2) is 5.60 Å². The Balaban J connectivity index is 1.86. The van der Waals surface area contributed by atoms with Gasteiger partial charge < -0.3 is 30.4 Å². The van der Waals surface area contributed by atoms with Gasteiger partial charge in [0.2, 0.25) is 5.91 Å². The van der Waals surface area contributed by atoms with E-state index in [0.717, 1.165) is 24.0 Å². The second-order valence-corrected chi connectivity index (χ2v) is 11.9. The van der Waals surface area contributed by atoms with Crippen molar-refractivity contribution in [1.82, 2.24) is 4.90 Å². The molecule has 3 atom stereocenters. The lowest BCUT2D eigenvalue weighted by Crippen LogP contribution is -2.44. The molecule has 3 amide bonds. The molecule has 0 aromatic heterocycles. The minimum absolute atomic E-state index is 0.0239. The second kappa shape index (κ2) is 16.3. The Bertz CT molecular complexity index is 1430. The fourth-order valence-corrected chi connectivity index (χ4v) is 5.25. The van der Waals surface area contributed by atoms with Gasteiger partial charge in [0.1, 0.15) is 6.10 Å². The molecule has 1 aliphatic heterocycles. The summed E-state index contributed by atoms with van der Waals surface area (Å²) < 4.78 is 0. The van der Waals surface area contributed by atoms with Gasteiger partial charge in [0, 0.05) is 43.2 Å². The van der Waals surface area contributed by atoms with Crippen molar-refractivity contribution in [3.63, 3.8) is 0 Å². The number of benzene rings is 2. The summed E-state index contributed by atoms with van der Waals surface area (Å²) in [5.41, 5.74) is 2.55. The fraction of sp³-hybridized carbons (Fsp3) is 0.417. The van der Waals surface area contributed by atoms with E-state index in [4.69, 9.17) is 0 Å². The number of nitrogens with one attached hydrogen (secondary N) is 1. The standard InChI is InChI=1S/C36H47N3O6/c1-25(2)11-9-12-26(3)19-20-39-32-18-17-30(37-34(43)28(5)41)23-31(32)36(45,35(39)44)27(4)13-10-16-33(42)38(21-22-40)24-29-14-7-6-8-15-29/h6-8,10-11,13-15,17-19,23,27-28,40-41,45H,9,12,16,20-22,24H2,1-5H3,(H,37,43)/b13-10+,26-19+/t27-,28-,36+/m0/s1. The Kier molecular flexibility index (Phi) is 12.8. The molecule has 3 rings (SSSR count). The molecule has 0 bridgehead atoms. The summed E-state index contributed by atoms with van der Waals surface area (Å²) in [4.78, 5) is 42.3. The van der Waals surface area contributed by atoms with Gasteiger partial charge in [-0.15, -0.1) is 0 Å². The van der Waals surface area contributed by atoms with Crippen LogP contribution < -0.4 is 10.2 Å². The number of rotatable bonds is 15. The van der Waals surface area contributed by atoms with Crippen molar-refractivity contribution in [2.45, 2.75) is 72.1 Å². The highest BCUT2D eigenvalue weighted by Crippen LogP contribution is 2.46. The summed E-state index contributed by atoms with van der Waals surface area (Å²) in [5.74, 6) is -2.03. The van der Waals surface area contributed by atoms with Gasteiger partial charge in [0.05, 0.1) is 12.3 Å². The molecule has 1 heterocycles. The summed E-state index contributed by atoms with van der Waals surface area (Å²) in [6.45, 7) is 9.82. The van der Waals surface area contributed by atoms with Crippen LogP contribution in [0.15, 0.2) is 84.0 Å². The Hall–Kier alpha value is -4.05. The molecule has 0 radical (unpaired) electrons. The van der Waals surface area contributed by atoms with Crippen molar-refractivity contribution in [2.24, 2.45) is 5.92 Å². The molecule has 0 spiro atoms. The van der Waals surface area contributed by atoms with E-state index in [9.17, 15) is 29.7 Å². The molecule has 2 aromatic rings. The highest BCUT2D eigenvalue weighted by Gasteiger charge is 2.52. The number of amides is 3. The van der Waals surface area contributed by atoms with Crippen molar-refractivity contribution in [2.75, 3.05) is 29.9 Å². The molecule has 242 valence electrons. The molecular weight excluding hydrogens is 570 g/mol. The molecule has 0 saturated carbocycles. The van der Waals surface area contributed by atoms with Crippen LogP contribution >= 0.6 is 0 Å². The topological polar surface area (TPSA) is 130 Å². The first-order chi connectivity index (χ1) is 21.4. The predicted molar refractivity (Wildman–Crippen MR) is 177 cm³/mol. The van der Waals surface area contributed by atoms with Gasteiger partial charge in [-0.1, -0.05) is 72.7 Å². The smallest absolute Gasteiger partial charge is 0.264 e. The molecule has 4 N–H and O–H groups in total. The van der Waals surface area contributed by atoms with Crippen LogP contribution in [0.1, 0.15) is 65.0 Å². The molecule has 1 aliphatic rings. The molecule has 0 saturated heterocycles. The number of aliphatic hydroxyl groups is 3. The lowest BCUT2D eigenvalue weighted by Gasteiger charge is -2.28. The monoisotopic (exact) mass is 617 g/mol. The summed E-state index contributed by atoms with van der Waals surface area (Å²) in [7, 11) is 0. The fourth-order valence-electron chi connectivity index (χ4n) is 5.25. The van der Waals surface area contributed by atoms with Crippen molar-refractivity contribution in [1.29, 1.82) is 0 Å². The number of allylic oxidation sites excluding steroid dienone is 3. The predicted octanol–water partition coefficient (Wildman–Crippen LogP) is 4.84. The molecule has 9 heteroatoms. The number of nitrogens with zero attached hydrogens (tertiary/aromatic N) is 2. The quantitative estimate of drug-likeness (QED) is 0.212. The number of anilines is 2. The molecule has 0 aliphatic carbocycles. The SMILES string of the molecule is CC(C)=CCC/C(C)=C/CN1C(=O)[C@@](O)([C@@H](C)/C=C/CC(=O)N(CCO)Cc2ccccc2)c2cc(NC(=O)[C@H](C)O)ccc21. The number of carbonyl (C=O) groups is 3. The maximum Gasteiger partial charge on any atom is 0.264 e. The third-order valence-electron chi connectivity index (χ3n) is 7.94. The summed E-state index contributed by atoms with van der Waals surface area (Å²) in [5, 5.41) is 33.9. The van der Waals surface area contributed by atoms with Crippen LogP contribution in [-0.4, -0.2) is 63.7 Å². The number of fused-ring (bicyclic) bond motifs is 1. The van der Waals surface area contributed by atoms with Gasteiger partial charge in [-0.3, -0.25) is 14.4 Å². The summed E-state index contributed by atoms with van der Waals surface area (Å²) in [6.07, 6.45) is 7.98. The van der Waals surface area contributed by atoms with Gasteiger partial charge >= 0.3 is 0 Å². The average molecular weight is 618 g/mol. The van der Waals surface area contributed by atoms with Crippen molar-refractivity contribution >= 4 is 29.1 Å². The normalized spacial score (nSPS) is 17.6. The van der Waals surface area contributed by atoms with E-state index in [-0.39, 0.29) is 32.0 Å². The lowest BCUT2D eigenvalue weighted by molar-refractivity contribution is -0.139. The highest BCUT2D eigenvalue weighted by molar-refractivity contribution is 6.08. The van der Waals surface area contributed by atoms with Crippen LogP contribution in [0, 0.1) is 5.92 Å². The first-order valence-corrected chi connectivity index (χ1v) is 15.4. The first-order valence-electron chi connectivity index (χ1n) is 15.4. The van der Waals surface area contributed by atoms with E-state index < -0.39 is 29.4 Å². The molecule has 45 heavy (non-hydrogen) atoms. The number of aliphatic hydroxyl groups excluding tert-OH is 2. The van der Waals surface area contributed by atoms with Crippen molar-refractivity contribution in [3.8, 4) is 0 Å². The van der Waals surface area contributed by atoms with E-state index in [1.54, 1.807) is 47.1 Å². The van der Waals surface area contributed by atoms with Crippen LogP contribution in [0.3, 0.4) is 0 Å². The highest BCUT2D eigenvalue weighted by atomic mass is 16.3. The van der Waals surface area contributed by atoms with Crippen LogP contribution in [-0.2, 0) is 26.5 Å². The molecule has 0 unspecified atom stereocenters. The van der Waals surface area contributed by atoms with E-state index in [1.165, 1.54) is 12.5 Å². The van der Waals surface area contributed by atoms with Crippen molar-refractivity contribution < 1.29 is 29.7 Å². The number of hydrogen-bond acceptors (Lipinski definition) is 6. The maximum absolute atomic E-state index is 13.9. The molecular formula is C36H47N3O6. The average Bonchev–Trinajstić information content (AvgIpc) is 3.22. The van der Waals surface area contributed by atoms with Gasteiger partial charge in [-0.2, -0.15) is 0 Å². The number of carbonyl (C=O) groups excluding carboxylic acids is 3. The Morgan fingerprint density at radius 2 is 1.78 bits per heavy atom. The van der Waals surface area contributed by atoms with Gasteiger partial charge in [0.25, 0.3) is 11.8 Å². The summed E-state index contributed by atoms with van der Waals surface area (Å²) >= 11 is 0. The zero-order valence-corrected chi connectivity index (χ0v) is 27.0. The Morgan fingerprint density at radius 3 is 2.42 bits per heavy atom. The summed E-state index contributed by atoms with van der Waals surface area (Å²) in [6, 6.07) is 14.4. The van der Waals surface area contributed by atoms with E-state index >= 15 is 0 Å². The van der Waals surface area contributed by atoms with Crippen LogP contribution in [0.5, 0.6) is 0 Å². The Labute approximate surface area is 266 Å². The van der Waals surface area contributed by atoms with Crippen LogP contribution in [0.4, 0.5) is 11.4 Å². The van der Waals surface area contributed by atoms with Crippen LogP contribution in [0.25, 0.3) is 0 Å². The third-order valence-corrected chi connectivity index (χ3v) is 7.94. The molecule has 2 aromatic carbocycles. The third kappa shape index (κ3) is 9.23. The molecule has 0 fully saturated rings. The maximum atomic E-state index is 13.9. The second-order valence-electron chi connectivity index (χ2n) is 11.9.